The van der Waals surface area contributed by atoms with Gasteiger partial charge < -0.3 is 4.57 Å². The number of allylic oxidation sites excluding steroid dienone is 9. The van der Waals surface area contributed by atoms with Gasteiger partial charge in [-0.3, -0.25) is 0 Å². The minimum absolute atomic E-state index is 0.645. The highest BCUT2D eigenvalue weighted by Crippen LogP contribution is 2.42. The smallest absolute Gasteiger partial charge is 0.164 e. The summed E-state index contributed by atoms with van der Waals surface area (Å²) in [6, 6.07) is 69.4. The van der Waals surface area contributed by atoms with E-state index < -0.39 is 0 Å². The highest BCUT2D eigenvalue weighted by molar-refractivity contribution is 6.26. The molecule has 4 heteroatoms. The van der Waals surface area contributed by atoms with E-state index in [9.17, 15) is 0 Å². The van der Waals surface area contributed by atoms with Gasteiger partial charge in [0, 0.05) is 27.6 Å². The second-order valence-corrected chi connectivity index (χ2v) is 17.6. The second-order valence-electron chi connectivity index (χ2n) is 17.6. The number of fused-ring (bicyclic) bond motifs is 9. The molecule has 0 bridgehead atoms. The van der Waals surface area contributed by atoms with Gasteiger partial charge in [-0.1, -0.05) is 207 Å². The molecule has 0 fully saturated rings. The van der Waals surface area contributed by atoms with Crippen LogP contribution in [-0.2, 0) is 0 Å². The van der Waals surface area contributed by atoms with Crippen LogP contribution < -0.4 is 0 Å². The monoisotopic (exact) mass is 870 g/mol. The molecule has 0 spiro atoms. The quantitative estimate of drug-likeness (QED) is 0.107. The Balaban J connectivity index is 0.867. The zero-order valence-electron chi connectivity index (χ0n) is 37.8. The third-order valence-electron chi connectivity index (χ3n) is 13.5. The zero-order valence-corrected chi connectivity index (χ0v) is 37.8. The number of benzene rings is 9. The fraction of sp³-hybridized carbons (Fsp3) is 0.0469. The maximum absolute atomic E-state index is 4.89. The Bertz CT molecular complexity index is 3830. The first-order valence-corrected chi connectivity index (χ1v) is 23.3. The molecule has 4 nitrogen and oxygen atoms in total. The average molecular weight is 871 g/mol. The van der Waals surface area contributed by atoms with Crippen molar-refractivity contribution in [1.29, 1.82) is 0 Å². The van der Waals surface area contributed by atoms with E-state index in [2.05, 4.69) is 175 Å². The molecule has 68 heavy (non-hydrogen) atoms. The maximum Gasteiger partial charge on any atom is 0.164 e. The summed E-state index contributed by atoms with van der Waals surface area (Å²) in [5.41, 5.74) is 13.6. The molecular weight excluding hydrogens is 825 g/mol. The summed E-state index contributed by atoms with van der Waals surface area (Å²) in [6.07, 6.45) is 12.5. The van der Waals surface area contributed by atoms with Crippen LogP contribution in [0.25, 0.3) is 110 Å². The topological polar surface area (TPSA) is 43.6 Å². The SMILES string of the molecule is C=C(/C=C\C=C(/C)c1nc(-c2ccccc2)nc(-c2ccccc2)n1)C1=CC=C(n2c3ccccc3c3ccc(-c4ccccc4-c4ccc5c6ccccc6c6ccccc6c5c4)cc32)CC1. The van der Waals surface area contributed by atoms with Crippen LogP contribution in [0.15, 0.2) is 242 Å². The van der Waals surface area contributed by atoms with Crippen molar-refractivity contribution in [2.75, 3.05) is 0 Å². The van der Waals surface area contributed by atoms with Crippen molar-refractivity contribution >= 4 is 65.4 Å². The third-order valence-corrected chi connectivity index (χ3v) is 13.5. The first-order chi connectivity index (χ1) is 33.6. The van der Waals surface area contributed by atoms with Crippen LogP contribution >= 0.6 is 0 Å². The van der Waals surface area contributed by atoms with Crippen LogP contribution in [0.3, 0.4) is 0 Å². The van der Waals surface area contributed by atoms with Gasteiger partial charge in [-0.2, -0.15) is 0 Å². The van der Waals surface area contributed by atoms with E-state index in [0.29, 0.717) is 17.5 Å². The molecular formula is C64H46N4. The van der Waals surface area contributed by atoms with E-state index in [-0.39, 0.29) is 0 Å². The Morgan fingerprint density at radius 2 is 0.956 bits per heavy atom. The van der Waals surface area contributed by atoms with Gasteiger partial charge in [-0.05, 0) is 115 Å². The standard InChI is InChI=1S/C64H46N4/c1-42(18-17-19-43(2)62-65-63(45-20-5-3-6-21-45)67-64(66-62)46-22-7-4-8-23-46)44-32-36-49(37-33-44)68-60-31-16-15-30-57(60)58-39-35-48(41-61(58)68)51-25-10-9-24-50(51)47-34-38-56-54-28-12-11-26-52(54)53-27-13-14-29-55(53)59(56)40-47/h3-32,34-36,38-41H,1,33,37H2,2H3/b18-17-,43-19+. The van der Waals surface area contributed by atoms with Crippen molar-refractivity contribution in [2.24, 2.45) is 0 Å². The predicted octanol–water partition coefficient (Wildman–Crippen LogP) is 16.9. The molecule has 0 aliphatic heterocycles. The van der Waals surface area contributed by atoms with Crippen molar-refractivity contribution in [2.45, 2.75) is 19.8 Å². The molecule has 0 unspecified atom stereocenters. The van der Waals surface area contributed by atoms with Gasteiger partial charge in [-0.25, -0.2) is 15.0 Å². The highest BCUT2D eigenvalue weighted by Gasteiger charge is 2.19. The number of para-hydroxylation sites is 1. The van der Waals surface area contributed by atoms with Crippen molar-refractivity contribution in [3.05, 3.63) is 248 Å². The van der Waals surface area contributed by atoms with Crippen LogP contribution in [0.5, 0.6) is 0 Å². The van der Waals surface area contributed by atoms with Gasteiger partial charge >= 0.3 is 0 Å². The van der Waals surface area contributed by atoms with Gasteiger partial charge in [0.2, 0.25) is 0 Å². The summed E-state index contributed by atoms with van der Waals surface area (Å²) >= 11 is 0. The van der Waals surface area contributed by atoms with E-state index in [4.69, 9.17) is 15.0 Å². The molecule has 0 saturated carbocycles. The molecule has 0 radical (unpaired) electrons. The Hall–Kier alpha value is -8.73. The summed E-state index contributed by atoms with van der Waals surface area (Å²) in [5, 5.41) is 10.2. The number of hydrogen-bond donors (Lipinski definition) is 0. The van der Waals surface area contributed by atoms with Gasteiger partial charge in [-0.15, -0.1) is 0 Å². The van der Waals surface area contributed by atoms with Crippen LogP contribution in [0.4, 0.5) is 0 Å². The lowest BCUT2D eigenvalue weighted by atomic mass is 9.89. The Morgan fingerprint density at radius 3 is 1.56 bits per heavy atom. The number of nitrogens with zero attached hydrogens (tertiary/aromatic N) is 4. The third kappa shape index (κ3) is 7.33. The van der Waals surface area contributed by atoms with Crippen LogP contribution in [0.2, 0.25) is 0 Å². The predicted molar refractivity (Wildman–Crippen MR) is 287 cm³/mol. The van der Waals surface area contributed by atoms with Crippen molar-refractivity contribution in [3.8, 4) is 45.0 Å². The number of hydrogen-bond acceptors (Lipinski definition) is 3. The van der Waals surface area contributed by atoms with Crippen LogP contribution in [-0.4, -0.2) is 19.5 Å². The fourth-order valence-electron chi connectivity index (χ4n) is 10.1. The molecule has 2 heterocycles. The van der Waals surface area contributed by atoms with Crippen molar-refractivity contribution in [3.63, 3.8) is 0 Å². The molecule has 0 atom stereocenters. The largest absolute Gasteiger partial charge is 0.313 e. The number of aromatic nitrogens is 4. The van der Waals surface area contributed by atoms with Gasteiger partial charge in [0.25, 0.3) is 0 Å². The van der Waals surface area contributed by atoms with Gasteiger partial charge in [0.1, 0.15) is 0 Å². The van der Waals surface area contributed by atoms with Crippen LogP contribution in [0.1, 0.15) is 25.6 Å². The molecule has 0 N–H and O–H groups in total. The lowest BCUT2D eigenvalue weighted by Gasteiger charge is -2.18. The molecule has 2 aromatic heterocycles. The molecule has 1 aliphatic rings. The Kier molecular flexibility index (Phi) is 10.3. The summed E-state index contributed by atoms with van der Waals surface area (Å²) in [4.78, 5) is 14.6. The Morgan fingerprint density at radius 1 is 0.456 bits per heavy atom. The maximum atomic E-state index is 4.89. The van der Waals surface area contributed by atoms with Crippen molar-refractivity contribution in [1.82, 2.24) is 19.5 Å². The normalized spacial score (nSPS) is 13.2. The summed E-state index contributed by atoms with van der Waals surface area (Å²) in [7, 11) is 0. The van der Waals surface area contributed by atoms with Crippen LogP contribution in [0, 0.1) is 0 Å². The fourth-order valence-corrected chi connectivity index (χ4v) is 10.1. The molecule has 0 amide bonds. The minimum Gasteiger partial charge on any atom is -0.313 e. The van der Waals surface area contributed by atoms with Gasteiger partial charge in [0.05, 0.1) is 11.0 Å². The summed E-state index contributed by atoms with van der Waals surface area (Å²) in [6.45, 7) is 6.55. The highest BCUT2D eigenvalue weighted by atomic mass is 15.0. The summed E-state index contributed by atoms with van der Waals surface area (Å²) in [5.74, 6) is 1.95. The Labute approximate surface area is 395 Å². The molecule has 9 aromatic carbocycles. The van der Waals surface area contributed by atoms with Crippen molar-refractivity contribution < 1.29 is 0 Å². The van der Waals surface area contributed by atoms with E-state index >= 15 is 0 Å². The van der Waals surface area contributed by atoms with E-state index in [1.54, 1.807) is 0 Å². The molecule has 322 valence electrons. The lowest BCUT2D eigenvalue weighted by molar-refractivity contribution is 0.940. The zero-order chi connectivity index (χ0) is 45.6. The average Bonchev–Trinajstić information content (AvgIpc) is 3.74. The molecule has 1 aliphatic carbocycles. The number of rotatable bonds is 9. The van der Waals surface area contributed by atoms with Gasteiger partial charge in [0.15, 0.2) is 17.5 Å². The van der Waals surface area contributed by atoms with E-state index in [1.165, 1.54) is 87.6 Å². The first-order valence-electron chi connectivity index (χ1n) is 23.3. The molecule has 12 rings (SSSR count). The molecule has 0 saturated heterocycles. The molecule has 11 aromatic rings. The first kappa shape index (κ1) is 40.8. The second kappa shape index (κ2) is 17.2. The lowest BCUT2D eigenvalue weighted by Crippen LogP contribution is -2.02. The summed E-state index contributed by atoms with van der Waals surface area (Å²) < 4.78 is 2.48. The van der Waals surface area contributed by atoms with E-state index in [0.717, 1.165) is 35.1 Å². The minimum atomic E-state index is 0.645. The van der Waals surface area contributed by atoms with E-state index in [1.807, 2.05) is 67.6 Å².